The van der Waals surface area contributed by atoms with E-state index in [-0.39, 0.29) is 11.4 Å². The van der Waals surface area contributed by atoms with Crippen LogP contribution >= 0.6 is 11.6 Å². The molecule has 6 heteroatoms. The number of fused-ring (bicyclic) bond motifs is 1. The van der Waals surface area contributed by atoms with E-state index in [1.54, 1.807) is 4.57 Å². The highest BCUT2D eigenvalue weighted by molar-refractivity contribution is 6.16. The van der Waals surface area contributed by atoms with Gasteiger partial charge in [-0.15, -0.1) is 11.6 Å². The number of nitrogens with zero attached hydrogens (tertiary/aromatic N) is 2. The third-order valence-corrected chi connectivity index (χ3v) is 3.36. The summed E-state index contributed by atoms with van der Waals surface area (Å²) in [7, 11) is 0. The van der Waals surface area contributed by atoms with Crippen LogP contribution in [0.4, 0.5) is 8.78 Å². The molecule has 0 aliphatic carbocycles. The van der Waals surface area contributed by atoms with Gasteiger partial charge in [-0.2, -0.15) is 0 Å². The number of aryl methyl sites for hydroxylation is 1. The topological polar surface area (TPSA) is 27.1 Å². The van der Waals surface area contributed by atoms with Gasteiger partial charge < -0.3 is 9.30 Å². The van der Waals surface area contributed by atoms with E-state index >= 15 is 0 Å². The number of alkyl halides is 1. The Bertz CT molecular complexity index is 613. The lowest BCUT2D eigenvalue weighted by molar-refractivity contribution is 0.105. The van der Waals surface area contributed by atoms with E-state index in [0.717, 1.165) is 6.07 Å². The smallest absolute Gasteiger partial charge is 0.184 e. The SMILES string of the molecule is CC(C)COCCCn1c(CCl)nc2ccc(F)c(F)c21. The molecule has 0 spiro atoms. The van der Waals surface area contributed by atoms with Crippen LogP contribution in [0.3, 0.4) is 0 Å². The number of ether oxygens (including phenoxy) is 1. The van der Waals surface area contributed by atoms with Crippen LogP contribution in [0.5, 0.6) is 0 Å². The van der Waals surface area contributed by atoms with Gasteiger partial charge in [0.25, 0.3) is 0 Å². The van der Waals surface area contributed by atoms with Crippen LogP contribution in [0.2, 0.25) is 0 Å². The van der Waals surface area contributed by atoms with Crippen molar-refractivity contribution in [3.63, 3.8) is 0 Å². The lowest BCUT2D eigenvalue weighted by Crippen LogP contribution is -2.09. The molecule has 0 saturated carbocycles. The second-order valence-corrected chi connectivity index (χ2v) is 5.63. The van der Waals surface area contributed by atoms with Crippen LogP contribution in [0.25, 0.3) is 11.0 Å². The van der Waals surface area contributed by atoms with Crippen molar-refractivity contribution in [1.82, 2.24) is 9.55 Å². The molecule has 3 nitrogen and oxygen atoms in total. The van der Waals surface area contributed by atoms with Crippen molar-refractivity contribution in [3.05, 3.63) is 29.6 Å². The van der Waals surface area contributed by atoms with Crippen molar-refractivity contribution >= 4 is 22.6 Å². The molecule has 0 fully saturated rings. The third-order valence-electron chi connectivity index (χ3n) is 3.12. The van der Waals surface area contributed by atoms with Crippen molar-refractivity contribution < 1.29 is 13.5 Å². The quantitative estimate of drug-likeness (QED) is 0.567. The summed E-state index contributed by atoms with van der Waals surface area (Å²) in [5.41, 5.74) is 0.599. The van der Waals surface area contributed by atoms with Gasteiger partial charge in [-0.1, -0.05) is 13.8 Å². The zero-order chi connectivity index (χ0) is 15.4. The summed E-state index contributed by atoms with van der Waals surface area (Å²) in [5.74, 6) is -0.577. The highest BCUT2D eigenvalue weighted by Gasteiger charge is 2.16. The van der Waals surface area contributed by atoms with E-state index in [0.29, 0.717) is 43.4 Å². The number of halogens is 3. The minimum absolute atomic E-state index is 0.155. The largest absolute Gasteiger partial charge is 0.381 e. The maximum absolute atomic E-state index is 14.0. The molecule has 21 heavy (non-hydrogen) atoms. The van der Waals surface area contributed by atoms with Crippen molar-refractivity contribution in [2.75, 3.05) is 13.2 Å². The zero-order valence-electron chi connectivity index (χ0n) is 12.2. The van der Waals surface area contributed by atoms with Gasteiger partial charge >= 0.3 is 0 Å². The highest BCUT2D eigenvalue weighted by atomic mass is 35.5. The second kappa shape index (κ2) is 7.18. The fourth-order valence-electron chi connectivity index (χ4n) is 2.19. The molecule has 0 unspecified atom stereocenters. The maximum atomic E-state index is 14.0. The first kappa shape index (κ1) is 16.2. The van der Waals surface area contributed by atoms with Crippen LogP contribution in [0.15, 0.2) is 12.1 Å². The first-order valence-corrected chi connectivity index (χ1v) is 7.54. The molecule has 1 aromatic heterocycles. The molecule has 116 valence electrons. The predicted octanol–water partition coefficient (Wildman–Crippen LogP) is 4.12. The Morgan fingerprint density at radius 3 is 2.76 bits per heavy atom. The number of imidazole rings is 1. The summed E-state index contributed by atoms with van der Waals surface area (Å²) >= 11 is 5.85. The predicted molar refractivity (Wildman–Crippen MR) is 79.5 cm³/mol. The van der Waals surface area contributed by atoms with Crippen LogP contribution in [-0.4, -0.2) is 22.8 Å². The first-order valence-electron chi connectivity index (χ1n) is 7.01. The summed E-state index contributed by atoms with van der Waals surface area (Å²) in [6.45, 7) is 5.91. The van der Waals surface area contributed by atoms with Crippen molar-refractivity contribution in [2.24, 2.45) is 5.92 Å². The van der Waals surface area contributed by atoms with Crippen LogP contribution in [-0.2, 0) is 17.2 Å². The first-order chi connectivity index (χ1) is 10.0. The molecular weight excluding hydrogens is 298 g/mol. The summed E-state index contributed by atoms with van der Waals surface area (Å²) in [5, 5.41) is 0. The fraction of sp³-hybridized carbons (Fsp3) is 0.533. The van der Waals surface area contributed by atoms with Crippen LogP contribution in [0.1, 0.15) is 26.1 Å². The van der Waals surface area contributed by atoms with E-state index in [4.69, 9.17) is 16.3 Å². The Morgan fingerprint density at radius 1 is 1.33 bits per heavy atom. The fourth-order valence-corrected chi connectivity index (χ4v) is 2.40. The number of benzene rings is 1. The Labute approximate surface area is 127 Å². The third kappa shape index (κ3) is 3.71. The van der Waals surface area contributed by atoms with Crippen molar-refractivity contribution in [3.8, 4) is 0 Å². The Hall–Kier alpha value is -1.20. The molecule has 2 rings (SSSR count). The van der Waals surface area contributed by atoms with Crippen LogP contribution < -0.4 is 0 Å². The summed E-state index contributed by atoms with van der Waals surface area (Å²) < 4.78 is 34.5. The van der Waals surface area contributed by atoms with Gasteiger partial charge in [0.05, 0.1) is 11.4 Å². The highest BCUT2D eigenvalue weighted by Crippen LogP contribution is 2.23. The lowest BCUT2D eigenvalue weighted by atomic mass is 10.2. The van der Waals surface area contributed by atoms with E-state index in [2.05, 4.69) is 18.8 Å². The number of hydrogen-bond acceptors (Lipinski definition) is 2. The molecule has 0 aliphatic rings. The van der Waals surface area contributed by atoms with E-state index in [9.17, 15) is 8.78 Å². The van der Waals surface area contributed by atoms with E-state index in [1.807, 2.05) is 0 Å². The molecule has 1 heterocycles. The van der Waals surface area contributed by atoms with Gasteiger partial charge in [-0.3, -0.25) is 0 Å². The Balaban J connectivity index is 2.15. The van der Waals surface area contributed by atoms with E-state index in [1.165, 1.54) is 6.07 Å². The maximum Gasteiger partial charge on any atom is 0.184 e. The van der Waals surface area contributed by atoms with Gasteiger partial charge in [0, 0.05) is 19.8 Å². The molecule has 2 aromatic rings. The summed E-state index contributed by atoms with van der Waals surface area (Å²) in [6.07, 6.45) is 0.692. The zero-order valence-corrected chi connectivity index (χ0v) is 13.0. The van der Waals surface area contributed by atoms with Gasteiger partial charge in [0.15, 0.2) is 11.6 Å². The second-order valence-electron chi connectivity index (χ2n) is 5.36. The molecule has 1 aromatic carbocycles. The van der Waals surface area contributed by atoms with Crippen molar-refractivity contribution in [1.29, 1.82) is 0 Å². The normalized spacial score (nSPS) is 11.7. The molecule has 0 amide bonds. The molecule has 0 bridgehead atoms. The van der Waals surface area contributed by atoms with Crippen molar-refractivity contribution in [2.45, 2.75) is 32.7 Å². The molecule has 0 N–H and O–H groups in total. The van der Waals surface area contributed by atoms with Gasteiger partial charge in [-0.25, -0.2) is 13.8 Å². The average Bonchev–Trinajstić information content (AvgIpc) is 2.81. The molecule has 0 radical (unpaired) electrons. The minimum atomic E-state index is -0.875. The van der Waals surface area contributed by atoms with Gasteiger partial charge in [0.1, 0.15) is 11.3 Å². The van der Waals surface area contributed by atoms with E-state index < -0.39 is 11.6 Å². The number of aromatic nitrogens is 2. The molecule has 0 aliphatic heterocycles. The van der Waals surface area contributed by atoms with Gasteiger partial charge in [0.2, 0.25) is 0 Å². The monoisotopic (exact) mass is 316 g/mol. The molecular formula is C15H19ClF2N2O. The molecule has 0 saturated heterocycles. The van der Waals surface area contributed by atoms with Crippen LogP contribution in [0, 0.1) is 17.6 Å². The lowest BCUT2D eigenvalue weighted by Gasteiger charge is -2.10. The number of rotatable bonds is 7. The summed E-state index contributed by atoms with van der Waals surface area (Å²) in [4.78, 5) is 4.24. The van der Waals surface area contributed by atoms with Gasteiger partial charge in [-0.05, 0) is 24.5 Å². The number of hydrogen-bond donors (Lipinski definition) is 0. The Morgan fingerprint density at radius 2 is 2.10 bits per heavy atom. The Kier molecular flexibility index (Phi) is 5.53. The molecule has 0 atom stereocenters. The average molecular weight is 317 g/mol. The minimum Gasteiger partial charge on any atom is -0.381 e. The standard InChI is InChI=1S/C15H19ClF2N2O/c1-10(2)9-21-7-3-6-20-13(8-16)19-12-5-4-11(17)14(18)15(12)20/h4-5,10H,3,6-9H2,1-2H3. The summed E-state index contributed by atoms with van der Waals surface area (Å²) in [6, 6.07) is 2.55.